The SMILES string of the molecule is Cc1ccc(C(=O)N2CCN(C(C)C(=O)NC3CC3)CC2)s1. The first-order chi connectivity index (χ1) is 10.5. The summed E-state index contributed by atoms with van der Waals surface area (Å²) in [5, 5.41) is 3.05. The number of piperazine rings is 1. The van der Waals surface area contributed by atoms with Gasteiger partial charge in [0.15, 0.2) is 0 Å². The van der Waals surface area contributed by atoms with E-state index in [-0.39, 0.29) is 17.9 Å². The molecule has 1 aromatic rings. The predicted octanol–water partition coefficient (Wildman–Crippen LogP) is 1.48. The van der Waals surface area contributed by atoms with Crippen molar-refractivity contribution in [1.29, 1.82) is 0 Å². The minimum Gasteiger partial charge on any atom is -0.352 e. The van der Waals surface area contributed by atoms with Gasteiger partial charge in [0.2, 0.25) is 5.91 Å². The summed E-state index contributed by atoms with van der Waals surface area (Å²) in [6, 6.07) is 4.18. The molecule has 1 aromatic heterocycles. The Balaban J connectivity index is 1.51. The van der Waals surface area contributed by atoms with Crippen molar-refractivity contribution >= 4 is 23.2 Å². The molecule has 0 spiro atoms. The third kappa shape index (κ3) is 3.50. The van der Waals surface area contributed by atoms with E-state index in [9.17, 15) is 9.59 Å². The monoisotopic (exact) mass is 321 g/mol. The fourth-order valence-corrected chi connectivity index (χ4v) is 3.57. The van der Waals surface area contributed by atoms with Gasteiger partial charge in [-0.3, -0.25) is 14.5 Å². The minimum atomic E-state index is -0.109. The molecule has 120 valence electrons. The Morgan fingerprint density at radius 2 is 1.91 bits per heavy atom. The van der Waals surface area contributed by atoms with Crippen molar-refractivity contribution < 1.29 is 9.59 Å². The average Bonchev–Trinajstić information content (AvgIpc) is 3.24. The predicted molar refractivity (Wildman–Crippen MR) is 87.2 cm³/mol. The molecule has 0 aromatic carbocycles. The highest BCUT2D eigenvalue weighted by Gasteiger charge is 2.31. The summed E-state index contributed by atoms with van der Waals surface area (Å²) >= 11 is 1.55. The van der Waals surface area contributed by atoms with Crippen LogP contribution in [0.15, 0.2) is 12.1 Å². The smallest absolute Gasteiger partial charge is 0.264 e. The maximum absolute atomic E-state index is 12.4. The van der Waals surface area contributed by atoms with E-state index >= 15 is 0 Å². The molecule has 1 aliphatic carbocycles. The number of nitrogens with one attached hydrogen (secondary N) is 1. The lowest BCUT2D eigenvalue weighted by Crippen LogP contribution is -2.55. The molecule has 1 N–H and O–H groups in total. The molecule has 1 saturated carbocycles. The van der Waals surface area contributed by atoms with Crippen LogP contribution in [0, 0.1) is 6.92 Å². The number of nitrogens with zero attached hydrogens (tertiary/aromatic N) is 2. The Labute approximate surface area is 135 Å². The number of rotatable bonds is 4. The molecule has 1 saturated heterocycles. The number of hydrogen-bond acceptors (Lipinski definition) is 4. The van der Waals surface area contributed by atoms with Crippen molar-refractivity contribution in [2.75, 3.05) is 26.2 Å². The van der Waals surface area contributed by atoms with E-state index < -0.39 is 0 Å². The zero-order valence-electron chi connectivity index (χ0n) is 13.2. The summed E-state index contributed by atoms with van der Waals surface area (Å²) < 4.78 is 0. The first kappa shape index (κ1) is 15.5. The number of carbonyl (C=O) groups excluding carboxylic acids is 2. The number of thiophene rings is 1. The standard InChI is InChI=1S/C16H23N3O2S/c1-11-3-6-14(22-11)16(21)19-9-7-18(8-10-19)12(2)15(20)17-13-4-5-13/h3,6,12-13H,4-5,7-10H2,1-2H3,(H,17,20). The molecule has 3 rings (SSSR count). The summed E-state index contributed by atoms with van der Waals surface area (Å²) in [4.78, 5) is 30.6. The second-order valence-electron chi connectivity index (χ2n) is 6.20. The van der Waals surface area contributed by atoms with Crippen LogP contribution in [0.4, 0.5) is 0 Å². The summed E-state index contributed by atoms with van der Waals surface area (Å²) in [6.07, 6.45) is 2.22. The van der Waals surface area contributed by atoms with Gasteiger partial charge >= 0.3 is 0 Å². The van der Waals surface area contributed by atoms with E-state index in [1.54, 1.807) is 11.3 Å². The van der Waals surface area contributed by atoms with Gasteiger partial charge in [0.25, 0.3) is 5.91 Å². The van der Waals surface area contributed by atoms with Gasteiger partial charge in [-0.25, -0.2) is 0 Å². The van der Waals surface area contributed by atoms with Crippen molar-refractivity contribution in [1.82, 2.24) is 15.1 Å². The molecule has 1 unspecified atom stereocenters. The van der Waals surface area contributed by atoms with Gasteiger partial charge in [0.05, 0.1) is 10.9 Å². The maximum atomic E-state index is 12.4. The number of hydrogen-bond donors (Lipinski definition) is 1. The van der Waals surface area contributed by atoms with Gasteiger partial charge in [-0.05, 0) is 38.8 Å². The fourth-order valence-electron chi connectivity index (χ4n) is 2.73. The van der Waals surface area contributed by atoms with Crippen molar-refractivity contribution in [2.45, 2.75) is 38.8 Å². The van der Waals surface area contributed by atoms with E-state index in [2.05, 4.69) is 10.2 Å². The highest BCUT2D eigenvalue weighted by atomic mass is 32.1. The lowest BCUT2D eigenvalue weighted by Gasteiger charge is -2.37. The summed E-state index contributed by atoms with van der Waals surface area (Å²) in [5.41, 5.74) is 0. The summed E-state index contributed by atoms with van der Waals surface area (Å²) in [6.45, 7) is 6.87. The minimum absolute atomic E-state index is 0.109. The Morgan fingerprint density at radius 1 is 1.23 bits per heavy atom. The van der Waals surface area contributed by atoms with Gasteiger partial charge < -0.3 is 10.2 Å². The number of amides is 2. The van der Waals surface area contributed by atoms with E-state index in [0.717, 1.165) is 35.7 Å². The Hall–Kier alpha value is -1.40. The Bertz CT molecular complexity index is 559. The third-order valence-electron chi connectivity index (χ3n) is 4.40. The molecule has 1 atom stereocenters. The van der Waals surface area contributed by atoms with Gasteiger partial charge in [0, 0.05) is 37.1 Å². The van der Waals surface area contributed by atoms with Crippen LogP contribution in [0.3, 0.4) is 0 Å². The molecule has 1 aliphatic heterocycles. The van der Waals surface area contributed by atoms with E-state index in [1.807, 2.05) is 30.9 Å². The van der Waals surface area contributed by atoms with Crippen LogP contribution in [0.2, 0.25) is 0 Å². The molecule has 5 nitrogen and oxygen atoms in total. The molecule has 2 heterocycles. The first-order valence-corrected chi connectivity index (χ1v) is 8.76. The van der Waals surface area contributed by atoms with E-state index in [4.69, 9.17) is 0 Å². The van der Waals surface area contributed by atoms with Crippen LogP contribution in [0.25, 0.3) is 0 Å². The lowest BCUT2D eigenvalue weighted by atomic mass is 10.2. The van der Waals surface area contributed by atoms with Gasteiger partial charge in [-0.2, -0.15) is 0 Å². The zero-order chi connectivity index (χ0) is 15.7. The highest BCUT2D eigenvalue weighted by molar-refractivity contribution is 7.13. The second kappa shape index (κ2) is 6.38. The van der Waals surface area contributed by atoms with Gasteiger partial charge in [-0.1, -0.05) is 0 Å². The van der Waals surface area contributed by atoms with Gasteiger partial charge in [0.1, 0.15) is 0 Å². The first-order valence-electron chi connectivity index (χ1n) is 7.95. The molecule has 2 amide bonds. The summed E-state index contributed by atoms with van der Waals surface area (Å²) in [7, 11) is 0. The van der Waals surface area contributed by atoms with Crippen LogP contribution < -0.4 is 5.32 Å². The van der Waals surface area contributed by atoms with E-state index in [1.165, 1.54) is 0 Å². The molecule has 2 aliphatic rings. The Morgan fingerprint density at radius 3 is 2.45 bits per heavy atom. The maximum Gasteiger partial charge on any atom is 0.264 e. The van der Waals surface area contributed by atoms with Crippen molar-refractivity contribution in [3.05, 3.63) is 21.9 Å². The molecule has 6 heteroatoms. The molecule has 22 heavy (non-hydrogen) atoms. The molecule has 0 bridgehead atoms. The van der Waals surface area contributed by atoms with Crippen LogP contribution in [0.5, 0.6) is 0 Å². The topological polar surface area (TPSA) is 52.7 Å². The molecular formula is C16H23N3O2S. The van der Waals surface area contributed by atoms with Crippen molar-refractivity contribution in [3.8, 4) is 0 Å². The molecule has 2 fully saturated rings. The van der Waals surface area contributed by atoms with E-state index in [0.29, 0.717) is 19.1 Å². The fraction of sp³-hybridized carbons (Fsp3) is 0.625. The van der Waals surface area contributed by atoms with Crippen molar-refractivity contribution in [2.24, 2.45) is 0 Å². The lowest BCUT2D eigenvalue weighted by molar-refractivity contribution is -0.126. The number of aryl methyl sites for hydroxylation is 1. The van der Waals surface area contributed by atoms with Crippen LogP contribution >= 0.6 is 11.3 Å². The largest absolute Gasteiger partial charge is 0.352 e. The number of carbonyl (C=O) groups is 2. The molecular weight excluding hydrogens is 298 g/mol. The average molecular weight is 321 g/mol. The van der Waals surface area contributed by atoms with Crippen LogP contribution in [0.1, 0.15) is 34.3 Å². The molecule has 0 radical (unpaired) electrons. The second-order valence-corrected chi connectivity index (χ2v) is 7.49. The normalized spacial score (nSPS) is 20.7. The zero-order valence-corrected chi connectivity index (χ0v) is 14.0. The Kier molecular flexibility index (Phi) is 4.49. The third-order valence-corrected chi connectivity index (χ3v) is 5.39. The summed E-state index contributed by atoms with van der Waals surface area (Å²) in [5.74, 6) is 0.240. The van der Waals surface area contributed by atoms with Crippen LogP contribution in [-0.2, 0) is 4.79 Å². The van der Waals surface area contributed by atoms with Crippen LogP contribution in [-0.4, -0.2) is 59.9 Å². The van der Waals surface area contributed by atoms with Gasteiger partial charge in [-0.15, -0.1) is 11.3 Å². The highest BCUT2D eigenvalue weighted by Crippen LogP contribution is 2.20. The quantitative estimate of drug-likeness (QED) is 0.914. The van der Waals surface area contributed by atoms with Crippen molar-refractivity contribution in [3.63, 3.8) is 0 Å².